The van der Waals surface area contributed by atoms with Crippen LogP contribution in [0, 0.1) is 0 Å². The molecule has 2 rings (SSSR count). The summed E-state index contributed by atoms with van der Waals surface area (Å²) >= 11 is 6.88. The fraction of sp³-hybridized carbons (Fsp3) is 0.333. The molecule has 0 aliphatic carbocycles. The van der Waals surface area contributed by atoms with Crippen LogP contribution in [0.4, 0.5) is 5.69 Å². The molecule has 1 aliphatic rings. The Balaban J connectivity index is 2.16. The largest absolute Gasteiger partial charge is 0.325 e. The van der Waals surface area contributed by atoms with E-state index in [1.54, 1.807) is 4.90 Å². The van der Waals surface area contributed by atoms with Crippen molar-refractivity contribution >= 4 is 49.4 Å². The maximum absolute atomic E-state index is 11.7. The van der Waals surface area contributed by atoms with Gasteiger partial charge in [-0.2, -0.15) is 0 Å². The highest BCUT2D eigenvalue weighted by Crippen LogP contribution is 2.26. The van der Waals surface area contributed by atoms with Gasteiger partial charge < -0.3 is 5.32 Å². The molecule has 6 heteroatoms. The average molecular weight is 375 g/mol. The van der Waals surface area contributed by atoms with Crippen molar-refractivity contribution in [1.29, 1.82) is 0 Å². The van der Waals surface area contributed by atoms with E-state index in [1.165, 1.54) is 0 Å². The monoisotopic (exact) mass is 373 g/mol. The molecule has 0 radical (unpaired) electrons. The normalized spacial score (nSPS) is 14.6. The fourth-order valence-corrected chi connectivity index (χ4v) is 2.85. The molecule has 0 fully saturated rings. The Labute approximate surface area is 123 Å². The van der Waals surface area contributed by atoms with E-state index in [0.717, 1.165) is 14.6 Å². The van der Waals surface area contributed by atoms with Crippen molar-refractivity contribution in [2.45, 2.75) is 13.3 Å². The molecule has 4 nitrogen and oxygen atoms in total. The van der Waals surface area contributed by atoms with E-state index in [9.17, 15) is 4.79 Å². The van der Waals surface area contributed by atoms with Crippen molar-refractivity contribution in [3.8, 4) is 0 Å². The van der Waals surface area contributed by atoms with Crippen LogP contribution in [0.2, 0.25) is 0 Å². The average Bonchev–Trinajstić information content (AvgIpc) is 2.80. The standard InChI is InChI=1S/C12H13Br2N3O/c1-2-11(18)17-6-5-15-12(17)16-10-4-3-8(13)7-9(10)14/h3-4,7H,2,5-6H2,1H3,(H,15,16). The number of benzene rings is 1. The lowest BCUT2D eigenvalue weighted by Crippen LogP contribution is -2.37. The SMILES string of the molecule is CCC(=O)N1CCN=C1Nc1ccc(Br)cc1Br. The second-order valence-corrected chi connectivity index (χ2v) is 5.62. The molecule has 18 heavy (non-hydrogen) atoms. The lowest BCUT2D eigenvalue weighted by Gasteiger charge is -2.19. The number of rotatable bonds is 2. The topological polar surface area (TPSA) is 44.7 Å². The van der Waals surface area contributed by atoms with Crippen LogP contribution in [0.3, 0.4) is 0 Å². The molecule has 0 aromatic heterocycles. The molecule has 1 N–H and O–H groups in total. The lowest BCUT2D eigenvalue weighted by atomic mass is 10.3. The van der Waals surface area contributed by atoms with Crippen LogP contribution in [0.5, 0.6) is 0 Å². The molecule has 0 saturated carbocycles. The molecule has 96 valence electrons. The predicted molar refractivity (Wildman–Crippen MR) is 79.8 cm³/mol. The van der Waals surface area contributed by atoms with E-state index in [-0.39, 0.29) is 5.91 Å². The third kappa shape index (κ3) is 2.92. The molecule has 0 bridgehead atoms. The van der Waals surface area contributed by atoms with Crippen LogP contribution in [0.25, 0.3) is 0 Å². The summed E-state index contributed by atoms with van der Waals surface area (Å²) in [4.78, 5) is 17.8. The van der Waals surface area contributed by atoms with E-state index < -0.39 is 0 Å². The van der Waals surface area contributed by atoms with Crippen molar-refractivity contribution in [3.05, 3.63) is 27.1 Å². The quantitative estimate of drug-likeness (QED) is 0.863. The second-order valence-electron chi connectivity index (χ2n) is 3.85. The van der Waals surface area contributed by atoms with Gasteiger partial charge in [-0.25, -0.2) is 0 Å². The number of halogens is 2. The van der Waals surface area contributed by atoms with Gasteiger partial charge >= 0.3 is 0 Å². The van der Waals surface area contributed by atoms with E-state index >= 15 is 0 Å². The van der Waals surface area contributed by atoms with Gasteiger partial charge in [-0.3, -0.25) is 14.7 Å². The third-order valence-electron chi connectivity index (χ3n) is 2.62. The zero-order valence-corrected chi connectivity index (χ0v) is 13.1. The summed E-state index contributed by atoms with van der Waals surface area (Å²) in [5.41, 5.74) is 0.896. The highest BCUT2D eigenvalue weighted by atomic mass is 79.9. The predicted octanol–water partition coefficient (Wildman–Crippen LogP) is 3.23. The Hall–Kier alpha value is -0.880. The number of nitrogens with zero attached hydrogens (tertiary/aromatic N) is 2. The molecule has 1 heterocycles. The summed E-state index contributed by atoms with van der Waals surface area (Å²) in [7, 11) is 0. The summed E-state index contributed by atoms with van der Waals surface area (Å²) in [5, 5.41) is 3.19. The number of anilines is 1. The first-order chi connectivity index (χ1) is 8.61. The van der Waals surface area contributed by atoms with E-state index in [1.807, 2.05) is 25.1 Å². The Morgan fingerprint density at radius 2 is 2.28 bits per heavy atom. The molecule has 1 aliphatic heterocycles. The molecule has 0 atom stereocenters. The number of nitrogens with one attached hydrogen (secondary N) is 1. The molecular weight excluding hydrogens is 362 g/mol. The minimum atomic E-state index is 0.0898. The van der Waals surface area contributed by atoms with Gasteiger partial charge in [-0.05, 0) is 34.1 Å². The summed E-state index contributed by atoms with van der Waals surface area (Å²) in [5.74, 6) is 0.719. The van der Waals surface area contributed by atoms with Crippen LogP contribution in [0.1, 0.15) is 13.3 Å². The van der Waals surface area contributed by atoms with Gasteiger partial charge in [-0.15, -0.1) is 0 Å². The van der Waals surface area contributed by atoms with Gasteiger partial charge in [0.15, 0.2) is 0 Å². The molecule has 1 aromatic carbocycles. The number of aliphatic imine (C=N–C) groups is 1. The first kappa shape index (κ1) is 13.5. The molecule has 0 unspecified atom stereocenters. The number of amides is 1. The minimum absolute atomic E-state index is 0.0898. The van der Waals surface area contributed by atoms with Gasteiger partial charge in [0.2, 0.25) is 11.9 Å². The van der Waals surface area contributed by atoms with Gasteiger partial charge in [0, 0.05) is 21.9 Å². The fourth-order valence-electron chi connectivity index (χ4n) is 1.70. The van der Waals surface area contributed by atoms with Crippen LogP contribution in [-0.2, 0) is 4.79 Å². The molecule has 0 spiro atoms. The van der Waals surface area contributed by atoms with Crippen molar-refractivity contribution < 1.29 is 4.79 Å². The summed E-state index contributed by atoms with van der Waals surface area (Å²) in [6, 6.07) is 5.82. The van der Waals surface area contributed by atoms with Gasteiger partial charge in [0.1, 0.15) is 0 Å². The first-order valence-electron chi connectivity index (χ1n) is 5.68. The zero-order valence-electron chi connectivity index (χ0n) is 9.91. The number of hydrogen-bond donors (Lipinski definition) is 1. The number of hydrogen-bond acceptors (Lipinski definition) is 3. The van der Waals surface area contributed by atoms with Crippen LogP contribution < -0.4 is 5.32 Å². The highest BCUT2D eigenvalue weighted by Gasteiger charge is 2.22. The second kappa shape index (κ2) is 5.84. The molecule has 0 saturated heterocycles. The Morgan fingerprint density at radius 1 is 1.50 bits per heavy atom. The zero-order chi connectivity index (χ0) is 13.1. The summed E-state index contributed by atoms with van der Waals surface area (Å²) < 4.78 is 1.92. The molecular formula is C12H13Br2N3O. The van der Waals surface area contributed by atoms with Gasteiger partial charge in [-0.1, -0.05) is 22.9 Å². The number of carbonyl (C=O) groups is 1. The maximum atomic E-state index is 11.7. The highest BCUT2D eigenvalue weighted by molar-refractivity contribution is 9.11. The van der Waals surface area contributed by atoms with Crippen molar-refractivity contribution in [3.63, 3.8) is 0 Å². The Bertz CT molecular complexity index is 502. The minimum Gasteiger partial charge on any atom is -0.325 e. The Morgan fingerprint density at radius 3 is 2.94 bits per heavy atom. The lowest BCUT2D eigenvalue weighted by molar-refractivity contribution is -0.126. The van der Waals surface area contributed by atoms with E-state index in [4.69, 9.17) is 0 Å². The third-order valence-corrected chi connectivity index (χ3v) is 3.77. The smallest absolute Gasteiger partial charge is 0.229 e. The van der Waals surface area contributed by atoms with Crippen LogP contribution in [-0.4, -0.2) is 29.9 Å². The number of carbonyl (C=O) groups excluding carboxylic acids is 1. The van der Waals surface area contributed by atoms with Crippen LogP contribution >= 0.6 is 31.9 Å². The van der Waals surface area contributed by atoms with Crippen molar-refractivity contribution in [1.82, 2.24) is 4.90 Å². The van der Waals surface area contributed by atoms with Crippen molar-refractivity contribution in [2.24, 2.45) is 4.99 Å². The molecule has 1 aromatic rings. The Kier molecular flexibility index (Phi) is 4.40. The van der Waals surface area contributed by atoms with Gasteiger partial charge in [0.25, 0.3) is 0 Å². The van der Waals surface area contributed by atoms with Gasteiger partial charge in [0.05, 0.1) is 12.2 Å². The van der Waals surface area contributed by atoms with Crippen molar-refractivity contribution in [2.75, 3.05) is 18.4 Å². The van der Waals surface area contributed by atoms with E-state index in [0.29, 0.717) is 25.5 Å². The van der Waals surface area contributed by atoms with E-state index in [2.05, 4.69) is 42.2 Å². The maximum Gasteiger partial charge on any atom is 0.229 e. The number of guanidine groups is 1. The first-order valence-corrected chi connectivity index (χ1v) is 7.27. The van der Waals surface area contributed by atoms with Crippen LogP contribution in [0.15, 0.2) is 32.1 Å². The summed E-state index contributed by atoms with van der Waals surface area (Å²) in [6.07, 6.45) is 0.488. The molecule has 1 amide bonds. The summed E-state index contributed by atoms with van der Waals surface area (Å²) in [6.45, 7) is 3.17.